The summed E-state index contributed by atoms with van der Waals surface area (Å²) in [7, 11) is 1.59. The van der Waals surface area contributed by atoms with E-state index in [1.807, 2.05) is 0 Å². The number of aromatic nitrogens is 4. The number of hydrogen-bond donors (Lipinski definition) is 1. The molecule has 0 unspecified atom stereocenters. The van der Waals surface area contributed by atoms with Crippen LogP contribution < -0.4 is 15.7 Å². The van der Waals surface area contributed by atoms with Gasteiger partial charge in [-0.25, -0.2) is 9.78 Å². The first-order valence-electron chi connectivity index (χ1n) is 11.0. The van der Waals surface area contributed by atoms with E-state index in [-0.39, 0.29) is 12.5 Å². The Bertz CT molecular complexity index is 1580. The lowest BCUT2D eigenvalue weighted by Crippen LogP contribution is -2.32. The molecule has 0 radical (unpaired) electrons. The molecule has 5 aromatic rings. The SMILES string of the molecule is COc1ccc(NC(=O)Cn2c(=O)n3nc(-c4ccco4)nc3c3c4c(sc32)CCCC4)cc1. The molecule has 4 heterocycles. The van der Waals surface area contributed by atoms with Crippen LogP contribution in [-0.4, -0.2) is 32.2 Å². The second-order valence-corrected chi connectivity index (χ2v) is 9.27. The van der Waals surface area contributed by atoms with Crippen LogP contribution in [0, 0.1) is 0 Å². The maximum Gasteiger partial charge on any atom is 0.352 e. The van der Waals surface area contributed by atoms with Gasteiger partial charge in [-0.15, -0.1) is 16.4 Å². The number of furan rings is 1. The van der Waals surface area contributed by atoms with Gasteiger partial charge in [-0.1, -0.05) is 0 Å². The molecule has 1 N–H and O–H groups in total. The van der Waals surface area contributed by atoms with Crippen LogP contribution in [0.15, 0.2) is 51.9 Å². The smallest absolute Gasteiger partial charge is 0.352 e. The molecule has 0 atom stereocenters. The van der Waals surface area contributed by atoms with Crippen LogP contribution in [-0.2, 0) is 24.2 Å². The molecule has 6 rings (SSSR count). The topological polar surface area (TPSA) is 104 Å². The third-order valence-electron chi connectivity index (χ3n) is 6.06. The standard InChI is InChI=1S/C24H21N5O4S/c1-32-15-10-8-14(9-11-15)25-19(30)13-28-23-20(16-5-2-3-7-18(16)34-23)22-26-21(17-6-4-12-33-17)27-29(22)24(28)31/h4,6,8-12H,2-3,5,7,13H2,1H3,(H,25,30). The average Bonchev–Trinajstić information content (AvgIpc) is 3.60. The summed E-state index contributed by atoms with van der Waals surface area (Å²) in [5.41, 5.74) is 1.94. The van der Waals surface area contributed by atoms with E-state index in [4.69, 9.17) is 9.15 Å². The molecule has 0 saturated heterocycles. The number of benzene rings is 1. The van der Waals surface area contributed by atoms with Crippen LogP contribution in [0.4, 0.5) is 5.69 Å². The third-order valence-corrected chi connectivity index (χ3v) is 7.37. The van der Waals surface area contributed by atoms with E-state index in [1.165, 1.54) is 19.5 Å². The van der Waals surface area contributed by atoms with E-state index < -0.39 is 5.69 Å². The number of aryl methyl sites for hydroxylation is 2. The molecule has 9 nitrogen and oxygen atoms in total. The Morgan fingerprint density at radius 3 is 2.79 bits per heavy atom. The van der Waals surface area contributed by atoms with Gasteiger partial charge >= 0.3 is 5.69 Å². The van der Waals surface area contributed by atoms with Gasteiger partial charge in [-0.05, 0) is 67.6 Å². The summed E-state index contributed by atoms with van der Waals surface area (Å²) in [6.07, 6.45) is 5.63. The molecule has 10 heteroatoms. The van der Waals surface area contributed by atoms with Crippen molar-refractivity contribution in [3.63, 3.8) is 0 Å². The molecule has 1 aliphatic carbocycles. The number of carbonyl (C=O) groups excluding carboxylic acids is 1. The highest BCUT2D eigenvalue weighted by atomic mass is 32.1. The van der Waals surface area contributed by atoms with Crippen molar-refractivity contribution in [2.75, 3.05) is 12.4 Å². The van der Waals surface area contributed by atoms with Crippen LogP contribution in [0.5, 0.6) is 5.75 Å². The minimum atomic E-state index is -0.406. The normalized spacial score (nSPS) is 13.3. The van der Waals surface area contributed by atoms with Gasteiger partial charge in [0, 0.05) is 10.6 Å². The number of anilines is 1. The molecule has 0 spiro atoms. The molecular formula is C24H21N5O4S. The minimum absolute atomic E-state index is 0.132. The summed E-state index contributed by atoms with van der Waals surface area (Å²) >= 11 is 1.58. The minimum Gasteiger partial charge on any atom is -0.497 e. The van der Waals surface area contributed by atoms with Gasteiger partial charge in [-0.3, -0.25) is 9.36 Å². The van der Waals surface area contributed by atoms with Crippen LogP contribution in [0.1, 0.15) is 23.3 Å². The van der Waals surface area contributed by atoms with Crippen LogP contribution in [0.3, 0.4) is 0 Å². The third kappa shape index (κ3) is 3.38. The second kappa shape index (κ2) is 8.14. The molecule has 4 aromatic heterocycles. The van der Waals surface area contributed by atoms with E-state index in [0.717, 1.165) is 35.9 Å². The van der Waals surface area contributed by atoms with Gasteiger partial charge < -0.3 is 14.5 Å². The predicted octanol–water partition coefficient (Wildman–Crippen LogP) is 3.89. The summed E-state index contributed by atoms with van der Waals surface area (Å²) in [5, 5.41) is 8.21. The molecule has 0 bridgehead atoms. The molecule has 0 fully saturated rings. The fraction of sp³-hybridized carbons (Fsp3) is 0.250. The largest absolute Gasteiger partial charge is 0.497 e. The summed E-state index contributed by atoms with van der Waals surface area (Å²) in [6, 6.07) is 10.6. The number of amides is 1. The second-order valence-electron chi connectivity index (χ2n) is 8.18. The van der Waals surface area contributed by atoms with Crippen molar-refractivity contribution >= 4 is 38.8 Å². The van der Waals surface area contributed by atoms with E-state index in [0.29, 0.717) is 28.7 Å². The number of rotatable bonds is 5. The first-order chi connectivity index (χ1) is 16.6. The van der Waals surface area contributed by atoms with Crippen molar-refractivity contribution in [3.05, 3.63) is 63.6 Å². The molecule has 172 valence electrons. The monoisotopic (exact) mass is 475 g/mol. The lowest BCUT2D eigenvalue weighted by Gasteiger charge is -2.11. The number of fused-ring (bicyclic) bond motifs is 5. The Morgan fingerprint density at radius 2 is 2.03 bits per heavy atom. The molecule has 1 aliphatic rings. The summed E-state index contributed by atoms with van der Waals surface area (Å²) in [5.74, 6) is 1.23. The van der Waals surface area contributed by atoms with E-state index in [2.05, 4.69) is 15.4 Å². The maximum atomic E-state index is 13.5. The van der Waals surface area contributed by atoms with E-state index >= 15 is 0 Å². The fourth-order valence-corrected chi connectivity index (χ4v) is 5.83. The van der Waals surface area contributed by atoms with Gasteiger partial charge in [0.2, 0.25) is 11.7 Å². The Balaban J connectivity index is 1.47. The Kier molecular flexibility index (Phi) is 4.95. The zero-order valence-electron chi connectivity index (χ0n) is 18.4. The average molecular weight is 476 g/mol. The fourth-order valence-electron chi connectivity index (χ4n) is 4.45. The number of methoxy groups -OCH3 is 1. The summed E-state index contributed by atoms with van der Waals surface area (Å²) in [6.45, 7) is -0.132. The molecule has 34 heavy (non-hydrogen) atoms. The van der Waals surface area contributed by atoms with Crippen molar-refractivity contribution in [2.24, 2.45) is 0 Å². The number of nitrogens with one attached hydrogen (secondary N) is 1. The number of ether oxygens (including phenoxy) is 1. The Labute approximate surface area is 197 Å². The van der Waals surface area contributed by atoms with E-state index in [9.17, 15) is 9.59 Å². The number of thiophene rings is 1. The number of carbonyl (C=O) groups is 1. The Morgan fingerprint density at radius 1 is 1.21 bits per heavy atom. The van der Waals surface area contributed by atoms with Crippen molar-refractivity contribution in [1.82, 2.24) is 19.2 Å². The first kappa shape index (κ1) is 20.7. The predicted molar refractivity (Wildman–Crippen MR) is 129 cm³/mol. The van der Waals surface area contributed by atoms with Gasteiger partial charge in [0.15, 0.2) is 11.4 Å². The number of nitrogens with zero attached hydrogens (tertiary/aromatic N) is 4. The van der Waals surface area contributed by atoms with Gasteiger partial charge in [-0.2, -0.15) is 4.52 Å². The molecule has 1 amide bonds. The first-order valence-corrected chi connectivity index (χ1v) is 11.9. The van der Waals surface area contributed by atoms with E-state index in [1.54, 1.807) is 61.1 Å². The molecular weight excluding hydrogens is 454 g/mol. The highest BCUT2D eigenvalue weighted by molar-refractivity contribution is 7.19. The molecule has 0 saturated carbocycles. The highest BCUT2D eigenvalue weighted by Crippen LogP contribution is 2.38. The molecule has 0 aliphatic heterocycles. The van der Waals surface area contributed by atoms with Crippen LogP contribution in [0.2, 0.25) is 0 Å². The summed E-state index contributed by atoms with van der Waals surface area (Å²) < 4.78 is 13.4. The zero-order chi connectivity index (χ0) is 23.2. The van der Waals surface area contributed by atoms with Gasteiger partial charge in [0.1, 0.15) is 17.1 Å². The lowest BCUT2D eigenvalue weighted by molar-refractivity contribution is -0.116. The lowest BCUT2D eigenvalue weighted by atomic mass is 9.97. The van der Waals surface area contributed by atoms with Crippen molar-refractivity contribution < 1.29 is 13.9 Å². The zero-order valence-corrected chi connectivity index (χ0v) is 19.2. The van der Waals surface area contributed by atoms with Gasteiger partial charge in [0.25, 0.3) is 0 Å². The van der Waals surface area contributed by atoms with Gasteiger partial charge in [0.05, 0.1) is 18.8 Å². The van der Waals surface area contributed by atoms with Crippen LogP contribution >= 0.6 is 11.3 Å². The number of hydrogen-bond acceptors (Lipinski definition) is 7. The highest BCUT2D eigenvalue weighted by Gasteiger charge is 2.25. The summed E-state index contributed by atoms with van der Waals surface area (Å²) in [4.78, 5) is 33.1. The quantitative estimate of drug-likeness (QED) is 0.414. The Hall–Kier alpha value is -3.92. The van der Waals surface area contributed by atoms with Crippen LogP contribution in [0.25, 0.3) is 27.4 Å². The molecule has 1 aromatic carbocycles. The van der Waals surface area contributed by atoms with Crippen molar-refractivity contribution in [3.8, 4) is 17.3 Å². The maximum absolute atomic E-state index is 13.5. The van der Waals surface area contributed by atoms with Crippen molar-refractivity contribution in [2.45, 2.75) is 32.2 Å². The van der Waals surface area contributed by atoms with Crippen molar-refractivity contribution in [1.29, 1.82) is 0 Å².